The number of hydrogen-bond acceptors (Lipinski definition) is 4. The smallest absolute Gasteiger partial charge is 0.335 e. The van der Waals surface area contributed by atoms with Crippen LogP contribution in [-0.2, 0) is 0 Å². The normalized spacial score (nSPS) is 14.3. The number of hydrogen-bond donors (Lipinski definition) is 2. The van der Waals surface area contributed by atoms with Crippen LogP contribution in [0.2, 0.25) is 0 Å². The topological polar surface area (TPSA) is 80.0 Å². The van der Waals surface area contributed by atoms with Crippen LogP contribution in [0.1, 0.15) is 34.7 Å². The van der Waals surface area contributed by atoms with Gasteiger partial charge in [0.1, 0.15) is 11.5 Å². The number of carboxylic acids is 1. The first-order valence-corrected chi connectivity index (χ1v) is 11.0. The molecule has 2 N–H and O–H groups in total. The second-order valence-electron chi connectivity index (χ2n) is 8.25. The number of halogens is 1. The Bertz CT molecular complexity index is 1290. The van der Waals surface area contributed by atoms with Gasteiger partial charge >= 0.3 is 5.97 Å². The summed E-state index contributed by atoms with van der Waals surface area (Å²) in [5, 5.41) is 21.2. The first-order chi connectivity index (χ1) is 16.1. The van der Waals surface area contributed by atoms with Crippen molar-refractivity contribution in [3.05, 3.63) is 89.9 Å². The average Bonchev–Trinajstić information content (AvgIpc) is 3.35. The molecule has 0 atom stereocenters. The predicted molar refractivity (Wildman–Crippen MR) is 124 cm³/mol. The summed E-state index contributed by atoms with van der Waals surface area (Å²) in [5.41, 5.74) is 4.40. The number of carboxylic acid groups (broad SMARTS) is 1. The van der Waals surface area contributed by atoms with Gasteiger partial charge in [-0.15, -0.1) is 5.10 Å². The van der Waals surface area contributed by atoms with Crippen LogP contribution in [0, 0.1) is 5.82 Å². The van der Waals surface area contributed by atoms with E-state index < -0.39 is 11.8 Å². The number of aromatic carboxylic acids is 1. The summed E-state index contributed by atoms with van der Waals surface area (Å²) in [6.45, 7) is 2.06. The van der Waals surface area contributed by atoms with Crippen molar-refractivity contribution < 1.29 is 14.3 Å². The van der Waals surface area contributed by atoms with Gasteiger partial charge in [0.25, 0.3) is 0 Å². The second-order valence-corrected chi connectivity index (χ2v) is 8.25. The molecule has 7 heteroatoms. The summed E-state index contributed by atoms with van der Waals surface area (Å²) in [7, 11) is 0. The minimum Gasteiger partial charge on any atom is -0.478 e. The molecule has 2 heterocycles. The fourth-order valence-electron chi connectivity index (χ4n) is 4.32. The molecular formula is C26H23FN4O2. The Morgan fingerprint density at radius 2 is 1.76 bits per heavy atom. The Morgan fingerprint density at radius 1 is 1.00 bits per heavy atom. The maximum atomic E-state index is 14.2. The lowest BCUT2D eigenvalue weighted by atomic mass is 9.89. The predicted octanol–water partition coefficient (Wildman–Crippen LogP) is 4.91. The molecule has 0 spiro atoms. The van der Waals surface area contributed by atoms with E-state index in [1.165, 1.54) is 22.4 Å². The average molecular weight is 442 g/mol. The number of nitrogens with zero attached hydrogens (tertiary/aromatic N) is 3. The third-order valence-corrected chi connectivity index (χ3v) is 6.13. The molecule has 0 unspecified atom stereocenters. The van der Waals surface area contributed by atoms with E-state index >= 15 is 0 Å². The lowest BCUT2D eigenvalue weighted by molar-refractivity contribution is 0.0697. The lowest BCUT2D eigenvalue weighted by Crippen LogP contribution is -2.26. The van der Waals surface area contributed by atoms with Gasteiger partial charge in [-0.1, -0.05) is 41.6 Å². The second kappa shape index (κ2) is 8.96. The van der Waals surface area contributed by atoms with E-state index in [0.717, 1.165) is 37.1 Å². The minimum absolute atomic E-state index is 0.146. The van der Waals surface area contributed by atoms with Crippen LogP contribution in [0.4, 0.5) is 4.39 Å². The molecule has 6 nitrogen and oxygen atoms in total. The molecule has 0 amide bonds. The number of benzene rings is 3. The lowest BCUT2D eigenvalue weighted by Gasteiger charge is -2.23. The standard InChI is InChI=1S/C26H23FN4O2/c27-24-4-2-1-3-23(24)25-16-31(30-29-25)22-14-20(13-21(15-22)26(32)33)18-7-5-17(6-8-18)19-9-11-28-12-10-19/h1-8,13-16,19,28H,9-12H2,(H,32,33). The van der Waals surface area contributed by atoms with Crippen LogP contribution in [0.25, 0.3) is 28.1 Å². The van der Waals surface area contributed by atoms with Gasteiger partial charge in [0.2, 0.25) is 0 Å². The third-order valence-electron chi connectivity index (χ3n) is 6.13. The molecule has 1 saturated heterocycles. The van der Waals surface area contributed by atoms with Crippen molar-refractivity contribution in [2.45, 2.75) is 18.8 Å². The summed E-state index contributed by atoms with van der Waals surface area (Å²) < 4.78 is 15.6. The highest BCUT2D eigenvalue weighted by atomic mass is 19.1. The summed E-state index contributed by atoms with van der Waals surface area (Å²) in [6.07, 6.45) is 3.84. The molecule has 1 aromatic heterocycles. The van der Waals surface area contributed by atoms with Crippen LogP contribution in [0.3, 0.4) is 0 Å². The summed E-state index contributed by atoms with van der Waals surface area (Å²) >= 11 is 0. The highest BCUT2D eigenvalue weighted by molar-refractivity contribution is 5.90. The minimum atomic E-state index is -1.03. The van der Waals surface area contributed by atoms with Gasteiger partial charge in [0.05, 0.1) is 17.4 Å². The van der Waals surface area contributed by atoms with Crippen molar-refractivity contribution in [2.24, 2.45) is 0 Å². The Morgan fingerprint density at radius 3 is 2.48 bits per heavy atom. The van der Waals surface area contributed by atoms with E-state index in [1.807, 2.05) is 18.2 Å². The number of rotatable bonds is 5. The first kappa shape index (κ1) is 21.0. The van der Waals surface area contributed by atoms with Crippen molar-refractivity contribution >= 4 is 5.97 Å². The SMILES string of the molecule is O=C(O)c1cc(-c2ccc(C3CCNCC3)cc2)cc(-n2cc(-c3ccccc3F)nn2)c1. The molecule has 1 fully saturated rings. The van der Waals surface area contributed by atoms with Crippen molar-refractivity contribution in [2.75, 3.05) is 13.1 Å². The molecule has 5 rings (SSSR count). The van der Waals surface area contributed by atoms with Gasteiger partial charge in [0, 0.05) is 5.56 Å². The maximum Gasteiger partial charge on any atom is 0.335 e. The molecule has 33 heavy (non-hydrogen) atoms. The van der Waals surface area contributed by atoms with E-state index in [-0.39, 0.29) is 5.56 Å². The maximum absolute atomic E-state index is 14.2. The van der Waals surface area contributed by atoms with Gasteiger partial charge in [-0.25, -0.2) is 13.9 Å². The molecule has 0 saturated carbocycles. The molecule has 0 radical (unpaired) electrons. The Labute approximate surface area is 190 Å². The summed E-state index contributed by atoms with van der Waals surface area (Å²) in [4.78, 5) is 11.8. The molecule has 166 valence electrons. The van der Waals surface area contributed by atoms with Crippen molar-refractivity contribution in [1.82, 2.24) is 20.3 Å². The van der Waals surface area contributed by atoms with E-state index in [0.29, 0.717) is 22.9 Å². The third kappa shape index (κ3) is 4.40. The summed E-state index contributed by atoms with van der Waals surface area (Å²) in [6, 6.07) is 19.7. The van der Waals surface area contributed by atoms with E-state index in [1.54, 1.807) is 30.5 Å². The molecule has 4 aromatic rings. The van der Waals surface area contributed by atoms with Crippen molar-refractivity contribution in [3.63, 3.8) is 0 Å². The van der Waals surface area contributed by atoms with Gasteiger partial charge in [-0.3, -0.25) is 0 Å². The van der Waals surface area contributed by atoms with Crippen molar-refractivity contribution in [3.8, 4) is 28.1 Å². The van der Waals surface area contributed by atoms with E-state index in [2.05, 4.69) is 27.8 Å². The largest absolute Gasteiger partial charge is 0.478 e. The molecule has 0 aliphatic carbocycles. The number of carbonyl (C=O) groups is 1. The Kier molecular flexibility index (Phi) is 5.71. The van der Waals surface area contributed by atoms with Gasteiger partial charge in [-0.2, -0.15) is 0 Å². The molecular weight excluding hydrogens is 419 g/mol. The zero-order valence-electron chi connectivity index (χ0n) is 17.9. The van der Waals surface area contributed by atoms with E-state index in [4.69, 9.17) is 0 Å². The van der Waals surface area contributed by atoms with Crippen LogP contribution in [-0.4, -0.2) is 39.2 Å². The van der Waals surface area contributed by atoms with E-state index in [9.17, 15) is 14.3 Å². The zero-order chi connectivity index (χ0) is 22.8. The fraction of sp³-hybridized carbons (Fsp3) is 0.192. The summed E-state index contributed by atoms with van der Waals surface area (Å²) in [5.74, 6) is -0.870. The van der Waals surface area contributed by atoms with Crippen LogP contribution in [0.5, 0.6) is 0 Å². The van der Waals surface area contributed by atoms with Crippen molar-refractivity contribution in [1.29, 1.82) is 0 Å². The van der Waals surface area contributed by atoms with Crippen LogP contribution in [0.15, 0.2) is 72.9 Å². The quantitative estimate of drug-likeness (QED) is 0.459. The monoisotopic (exact) mass is 442 g/mol. The van der Waals surface area contributed by atoms with Gasteiger partial charge in [0.15, 0.2) is 0 Å². The highest BCUT2D eigenvalue weighted by Gasteiger charge is 2.16. The van der Waals surface area contributed by atoms with Gasteiger partial charge < -0.3 is 10.4 Å². The number of nitrogens with one attached hydrogen (secondary N) is 1. The first-order valence-electron chi connectivity index (χ1n) is 11.0. The zero-order valence-corrected chi connectivity index (χ0v) is 17.9. The molecule has 0 bridgehead atoms. The molecule has 3 aromatic carbocycles. The Hall–Kier alpha value is -3.84. The molecule has 1 aliphatic rings. The number of piperidine rings is 1. The Balaban J connectivity index is 1.50. The van der Waals surface area contributed by atoms with Crippen LogP contribution >= 0.6 is 0 Å². The highest BCUT2D eigenvalue weighted by Crippen LogP contribution is 2.30. The van der Waals surface area contributed by atoms with Gasteiger partial charge in [-0.05, 0) is 78.9 Å². The fourth-order valence-corrected chi connectivity index (χ4v) is 4.32. The molecule has 1 aliphatic heterocycles. The van der Waals surface area contributed by atoms with Crippen LogP contribution < -0.4 is 5.32 Å². The number of aromatic nitrogens is 3.